The van der Waals surface area contributed by atoms with E-state index >= 15 is 0 Å². The lowest BCUT2D eigenvalue weighted by Gasteiger charge is -1.94. The highest BCUT2D eigenvalue weighted by molar-refractivity contribution is 6.30. The zero-order valence-corrected chi connectivity index (χ0v) is 7.90. The highest BCUT2D eigenvalue weighted by Gasteiger charge is 2.03. The number of quaternary nitrogens is 1. The Balaban J connectivity index is 0.00000121. The molecule has 0 amide bonds. The second-order valence-corrected chi connectivity index (χ2v) is 2.62. The van der Waals surface area contributed by atoms with Crippen molar-refractivity contribution < 1.29 is 22.9 Å². The molecule has 1 aromatic carbocycles. The maximum atomic E-state index is 11.0. The molecule has 12 heavy (non-hydrogen) atoms. The number of halogens is 2. The van der Waals surface area contributed by atoms with Gasteiger partial charge in [0, 0.05) is 10.6 Å². The first-order valence-corrected chi connectivity index (χ1v) is 3.70. The molecule has 0 fully saturated rings. The van der Waals surface area contributed by atoms with Crippen molar-refractivity contribution in [2.24, 2.45) is 0 Å². The molecule has 2 nitrogen and oxygen atoms in total. The number of benzene rings is 1. The zero-order chi connectivity index (χ0) is 8.27. The number of hydrogen-bond donors (Lipinski definition) is 1. The van der Waals surface area contributed by atoms with Crippen molar-refractivity contribution in [3.63, 3.8) is 0 Å². The second kappa shape index (κ2) is 5.14. The largest absolute Gasteiger partial charge is 1.00 e. The third-order valence-corrected chi connectivity index (χ3v) is 1.65. The van der Waals surface area contributed by atoms with Crippen molar-refractivity contribution >= 4 is 17.4 Å². The normalized spacial score (nSPS) is 8.83. The van der Waals surface area contributed by atoms with E-state index in [-0.39, 0.29) is 18.2 Å². The van der Waals surface area contributed by atoms with E-state index in [2.05, 4.69) is 5.73 Å². The predicted molar refractivity (Wildman–Crippen MR) is 43.5 cm³/mol. The van der Waals surface area contributed by atoms with Crippen molar-refractivity contribution in [3.8, 4) is 0 Å². The lowest BCUT2D eigenvalue weighted by molar-refractivity contribution is -0.349. The quantitative estimate of drug-likeness (QED) is 0.547. The highest BCUT2D eigenvalue weighted by Crippen LogP contribution is 2.09. The summed E-state index contributed by atoms with van der Waals surface area (Å²) in [5.74, 6) is 0.0432. The molecular weight excluding hydrogens is 197 g/mol. The molecule has 1 aromatic rings. The average Bonchev–Trinajstić information content (AvgIpc) is 2.05. The molecule has 3 N–H and O–H groups in total. The van der Waals surface area contributed by atoms with E-state index in [9.17, 15) is 4.79 Å². The summed E-state index contributed by atoms with van der Waals surface area (Å²) in [5.41, 5.74) is 4.17. The molecule has 0 aromatic heterocycles. The van der Waals surface area contributed by atoms with Crippen molar-refractivity contribution in [3.05, 3.63) is 34.9 Å². The van der Waals surface area contributed by atoms with Crippen LogP contribution in [0.3, 0.4) is 0 Å². The molecule has 0 saturated heterocycles. The molecule has 0 aliphatic heterocycles. The van der Waals surface area contributed by atoms with E-state index in [1.54, 1.807) is 24.3 Å². The summed E-state index contributed by atoms with van der Waals surface area (Å²) >= 11 is 5.63. The average molecular weight is 206 g/mol. The van der Waals surface area contributed by atoms with Crippen LogP contribution in [0.25, 0.3) is 0 Å². The molecule has 66 valence electrons. The molecule has 0 spiro atoms. The van der Waals surface area contributed by atoms with Crippen LogP contribution in [-0.2, 0) is 0 Å². The van der Waals surface area contributed by atoms with E-state index in [4.69, 9.17) is 11.6 Å². The lowest BCUT2D eigenvalue weighted by atomic mass is 10.1. The van der Waals surface area contributed by atoms with Gasteiger partial charge in [-0.1, -0.05) is 11.6 Å². The lowest BCUT2D eigenvalue weighted by Crippen LogP contribution is -3.00. The number of carbonyl (C=O) groups excluding carboxylic acids is 1. The standard InChI is InChI=1S/C8H8ClNO.ClH/c9-7-3-1-6(2-4-7)8(11)5-10;/h1-4H,5,10H2;1H. The molecular formula is C8H9Cl2NO. The third-order valence-electron chi connectivity index (χ3n) is 1.39. The van der Waals surface area contributed by atoms with Crippen LogP contribution in [0.5, 0.6) is 0 Å². The molecule has 0 atom stereocenters. The smallest absolute Gasteiger partial charge is 0.216 e. The number of rotatable bonds is 2. The summed E-state index contributed by atoms with van der Waals surface area (Å²) in [6.07, 6.45) is 0. The summed E-state index contributed by atoms with van der Waals surface area (Å²) in [5, 5.41) is 0.644. The van der Waals surface area contributed by atoms with E-state index in [1.165, 1.54) is 0 Å². The van der Waals surface area contributed by atoms with Gasteiger partial charge < -0.3 is 18.1 Å². The van der Waals surface area contributed by atoms with E-state index in [0.29, 0.717) is 17.1 Å². The molecule has 0 bridgehead atoms. The van der Waals surface area contributed by atoms with Crippen molar-refractivity contribution in [1.29, 1.82) is 0 Å². The van der Waals surface area contributed by atoms with E-state index in [0.717, 1.165) is 0 Å². The Labute approximate surface area is 82.1 Å². The monoisotopic (exact) mass is 205 g/mol. The predicted octanol–water partition coefficient (Wildman–Crippen LogP) is -2.23. The second-order valence-electron chi connectivity index (χ2n) is 2.18. The van der Waals surface area contributed by atoms with Crippen LogP contribution in [0.1, 0.15) is 10.4 Å². The van der Waals surface area contributed by atoms with Gasteiger partial charge in [0.05, 0.1) is 0 Å². The van der Waals surface area contributed by atoms with Crippen LogP contribution in [0.2, 0.25) is 5.02 Å². The van der Waals surface area contributed by atoms with Gasteiger partial charge in [0.15, 0.2) is 0 Å². The van der Waals surface area contributed by atoms with Gasteiger partial charge in [-0.25, -0.2) is 0 Å². The van der Waals surface area contributed by atoms with Gasteiger partial charge in [0.1, 0.15) is 6.54 Å². The Bertz CT molecular complexity index is 258. The minimum absolute atomic E-state index is 0. The first kappa shape index (κ1) is 11.4. The Morgan fingerprint density at radius 1 is 1.33 bits per heavy atom. The molecule has 0 aliphatic carbocycles. The zero-order valence-electron chi connectivity index (χ0n) is 6.39. The molecule has 0 aliphatic rings. The Morgan fingerprint density at radius 2 is 1.83 bits per heavy atom. The van der Waals surface area contributed by atoms with Gasteiger partial charge >= 0.3 is 0 Å². The van der Waals surface area contributed by atoms with E-state index < -0.39 is 0 Å². The fourth-order valence-corrected chi connectivity index (χ4v) is 0.906. The van der Waals surface area contributed by atoms with Crippen LogP contribution in [0, 0.1) is 0 Å². The summed E-state index contributed by atoms with van der Waals surface area (Å²) in [6, 6.07) is 6.81. The topological polar surface area (TPSA) is 44.7 Å². The molecule has 0 unspecified atom stereocenters. The Kier molecular flexibility index (Phi) is 4.90. The van der Waals surface area contributed by atoms with Crippen LogP contribution in [-0.4, -0.2) is 12.3 Å². The Morgan fingerprint density at radius 3 is 2.25 bits per heavy atom. The van der Waals surface area contributed by atoms with Gasteiger partial charge in [-0.2, -0.15) is 0 Å². The Hall–Kier alpha value is -0.570. The van der Waals surface area contributed by atoms with Gasteiger partial charge in [0.2, 0.25) is 5.78 Å². The minimum atomic E-state index is 0. The molecule has 0 saturated carbocycles. The maximum Gasteiger partial charge on any atom is 0.216 e. The maximum absolute atomic E-state index is 11.0. The number of ketones is 1. The summed E-state index contributed by atoms with van der Waals surface area (Å²) < 4.78 is 0. The van der Waals surface area contributed by atoms with Crippen molar-refractivity contribution in [2.75, 3.05) is 6.54 Å². The van der Waals surface area contributed by atoms with Crippen LogP contribution < -0.4 is 18.1 Å². The van der Waals surface area contributed by atoms with Crippen LogP contribution in [0.15, 0.2) is 24.3 Å². The highest BCUT2D eigenvalue weighted by atomic mass is 35.5. The summed E-state index contributed by atoms with van der Waals surface area (Å²) in [4.78, 5) is 11.0. The summed E-state index contributed by atoms with van der Waals surface area (Å²) in [6.45, 7) is 0.293. The summed E-state index contributed by atoms with van der Waals surface area (Å²) in [7, 11) is 0. The molecule has 4 heteroatoms. The third kappa shape index (κ3) is 2.81. The van der Waals surface area contributed by atoms with Crippen molar-refractivity contribution in [1.82, 2.24) is 0 Å². The number of carbonyl (C=O) groups is 1. The molecule has 1 rings (SSSR count). The molecule has 0 heterocycles. The minimum Gasteiger partial charge on any atom is -1.00 e. The van der Waals surface area contributed by atoms with Gasteiger partial charge in [-0.05, 0) is 24.3 Å². The number of Topliss-reactive ketones (excluding diaryl/α,β-unsaturated/α-hetero) is 1. The van der Waals surface area contributed by atoms with Crippen molar-refractivity contribution in [2.45, 2.75) is 0 Å². The van der Waals surface area contributed by atoms with Crippen LogP contribution in [0.4, 0.5) is 0 Å². The molecule has 0 radical (unpaired) electrons. The fraction of sp³-hybridized carbons (Fsp3) is 0.125. The SMILES string of the molecule is [Cl-].[NH3+]CC(=O)c1ccc(Cl)cc1. The first-order chi connectivity index (χ1) is 5.24. The van der Waals surface area contributed by atoms with E-state index in [1.807, 2.05) is 0 Å². The fourth-order valence-electron chi connectivity index (χ4n) is 0.780. The van der Waals surface area contributed by atoms with Gasteiger partial charge in [-0.15, -0.1) is 0 Å². The van der Waals surface area contributed by atoms with Crippen LogP contribution >= 0.6 is 11.6 Å². The van der Waals surface area contributed by atoms with Gasteiger partial charge in [0.25, 0.3) is 0 Å². The number of hydrogen-bond acceptors (Lipinski definition) is 1. The first-order valence-electron chi connectivity index (χ1n) is 3.32. The van der Waals surface area contributed by atoms with Gasteiger partial charge in [-0.3, -0.25) is 4.79 Å².